The molecule has 2 rings (SSSR count). The highest BCUT2D eigenvalue weighted by molar-refractivity contribution is 5.77. The highest BCUT2D eigenvalue weighted by atomic mass is 19.1. The van der Waals surface area contributed by atoms with E-state index in [2.05, 4.69) is 10.6 Å². The van der Waals surface area contributed by atoms with Crippen LogP contribution in [0.4, 0.5) is 4.39 Å². The van der Waals surface area contributed by atoms with Crippen molar-refractivity contribution in [2.75, 3.05) is 19.7 Å². The fourth-order valence-electron chi connectivity index (χ4n) is 1.92. The summed E-state index contributed by atoms with van der Waals surface area (Å²) < 4.78 is 17.9. The van der Waals surface area contributed by atoms with Crippen LogP contribution in [0.15, 0.2) is 24.3 Å². The Kier molecular flexibility index (Phi) is 4.52. The lowest BCUT2D eigenvalue weighted by Gasteiger charge is -2.23. The van der Waals surface area contributed by atoms with Crippen LogP contribution in [-0.2, 0) is 4.79 Å². The van der Waals surface area contributed by atoms with Gasteiger partial charge in [-0.2, -0.15) is 0 Å². The molecule has 1 heterocycles. The summed E-state index contributed by atoms with van der Waals surface area (Å²) in [6, 6.07) is 5.80. The van der Waals surface area contributed by atoms with Crippen molar-refractivity contribution in [2.45, 2.75) is 18.9 Å². The minimum Gasteiger partial charge on any atom is -0.484 e. The Labute approximate surface area is 106 Å². The summed E-state index contributed by atoms with van der Waals surface area (Å²) in [5.41, 5.74) is 0. The topological polar surface area (TPSA) is 50.4 Å². The second-order valence-corrected chi connectivity index (χ2v) is 4.35. The summed E-state index contributed by atoms with van der Waals surface area (Å²) in [4.78, 5) is 11.6. The first-order valence-corrected chi connectivity index (χ1v) is 6.12. The third kappa shape index (κ3) is 4.00. The number of hydrogen-bond acceptors (Lipinski definition) is 3. The van der Waals surface area contributed by atoms with E-state index in [4.69, 9.17) is 4.74 Å². The maximum atomic E-state index is 12.7. The van der Waals surface area contributed by atoms with Crippen LogP contribution in [0.2, 0.25) is 0 Å². The van der Waals surface area contributed by atoms with E-state index in [0.717, 1.165) is 25.9 Å². The smallest absolute Gasteiger partial charge is 0.258 e. The Hall–Kier alpha value is -1.62. The van der Waals surface area contributed by atoms with E-state index in [1.807, 2.05) is 0 Å². The lowest BCUT2D eigenvalue weighted by molar-refractivity contribution is -0.123. The van der Waals surface area contributed by atoms with Gasteiger partial charge in [0.05, 0.1) is 0 Å². The van der Waals surface area contributed by atoms with Gasteiger partial charge in [-0.25, -0.2) is 4.39 Å². The van der Waals surface area contributed by atoms with Crippen LogP contribution in [0.25, 0.3) is 0 Å². The number of hydrogen-bond donors (Lipinski definition) is 2. The van der Waals surface area contributed by atoms with Gasteiger partial charge >= 0.3 is 0 Å². The molecule has 0 aliphatic carbocycles. The molecule has 5 heteroatoms. The van der Waals surface area contributed by atoms with Crippen LogP contribution in [0.3, 0.4) is 0 Å². The van der Waals surface area contributed by atoms with Crippen LogP contribution < -0.4 is 15.4 Å². The first-order valence-electron chi connectivity index (χ1n) is 6.12. The summed E-state index contributed by atoms with van der Waals surface area (Å²) in [5.74, 6) is 0.0291. The van der Waals surface area contributed by atoms with Crippen molar-refractivity contribution in [1.29, 1.82) is 0 Å². The maximum Gasteiger partial charge on any atom is 0.258 e. The number of amides is 1. The molecule has 1 atom stereocenters. The summed E-state index contributed by atoms with van der Waals surface area (Å²) in [5, 5.41) is 6.12. The Morgan fingerprint density at radius 2 is 2.22 bits per heavy atom. The van der Waals surface area contributed by atoms with Crippen LogP contribution in [0.1, 0.15) is 12.8 Å². The van der Waals surface area contributed by atoms with E-state index in [1.54, 1.807) is 0 Å². The molecule has 4 nitrogen and oxygen atoms in total. The van der Waals surface area contributed by atoms with E-state index in [1.165, 1.54) is 24.3 Å². The van der Waals surface area contributed by atoms with Gasteiger partial charge in [0.1, 0.15) is 11.6 Å². The Balaban J connectivity index is 1.72. The molecule has 1 unspecified atom stereocenters. The molecule has 18 heavy (non-hydrogen) atoms. The van der Waals surface area contributed by atoms with Gasteiger partial charge in [0, 0.05) is 12.6 Å². The number of ether oxygens (including phenoxy) is 1. The molecule has 1 fully saturated rings. The van der Waals surface area contributed by atoms with Crippen molar-refractivity contribution in [1.82, 2.24) is 10.6 Å². The van der Waals surface area contributed by atoms with Gasteiger partial charge in [-0.05, 0) is 43.7 Å². The number of carbonyl (C=O) groups excluding carboxylic acids is 1. The second-order valence-electron chi connectivity index (χ2n) is 4.35. The van der Waals surface area contributed by atoms with Gasteiger partial charge in [-0.3, -0.25) is 4.79 Å². The molecule has 1 saturated heterocycles. The Morgan fingerprint density at radius 3 is 2.89 bits per heavy atom. The van der Waals surface area contributed by atoms with Crippen LogP contribution in [0.5, 0.6) is 5.75 Å². The molecule has 0 aromatic heterocycles. The van der Waals surface area contributed by atoms with Gasteiger partial charge < -0.3 is 15.4 Å². The van der Waals surface area contributed by atoms with Crippen LogP contribution in [-0.4, -0.2) is 31.6 Å². The van der Waals surface area contributed by atoms with Gasteiger partial charge in [0.2, 0.25) is 0 Å². The zero-order valence-corrected chi connectivity index (χ0v) is 10.1. The van der Waals surface area contributed by atoms with Crippen molar-refractivity contribution >= 4 is 5.91 Å². The SMILES string of the molecule is O=C(COc1ccc(F)cc1)NC1CCCNC1. The standard InChI is InChI=1S/C13H17FN2O2/c14-10-3-5-12(6-4-10)18-9-13(17)16-11-2-1-7-15-8-11/h3-6,11,15H,1-2,7-9H2,(H,16,17). The van der Waals surface area contributed by atoms with Crippen molar-refractivity contribution in [2.24, 2.45) is 0 Å². The van der Waals surface area contributed by atoms with Crippen LogP contribution in [0, 0.1) is 5.82 Å². The lowest BCUT2D eigenvalue weighted by Crippen LogP contribution is -2.46. The predicted octanol–water partition coefficient (Wildman–Crippen LogP) is 1.07. The monoisotopic (exact) mass is 252 g/mol. The minimum atomic E-state index is -0.319. The summed E-state index contributed by atoms with van der Waals surface area (Å²) in [6.45, 7) is 1.78. The minimum absolute atomic E-state index is 0.0396. The number of nitrogens with one attached hydrogen (secondary N) is 2. The Morgan fingerprint density at radius 1 is 1.44 bits per heavy atom. The Bertz CT molecular complexity index is 388. The zero-order chi connectivity index (χ0) is 12.8. The number of carbonyl (C=O) groups is 1. The third-order valence-corrected chi connectivity index (χ3v) is 2.85. The molecule has 1 amide bonds. The van der Waals surface area contributed by atoms with Gasteiger partial charge in [0.15, 0.2) is 6.61 Å². The van der Waals surface area contributed by atoms with Crippen molar-refractivity contribution in [3.05, 3.63) is 30.1 Å². The molecule has 98 valence electrons. The second kappa shape index (κ2) is 6.35. The molecule has 1 aliphatic heterocycles. The number of halogens is 1. The summed E-state index contributed by atoms with van der Waals surface area (Å²) in [6.07, 6.45) is 2.07. The highest BCUT2D eigenvalue weighted by Gasteiger charge is 2.15. The maximum absolute atomic E-state index is 12.7. The molecule has 1 aromatic rings. The molecule has 0 saturated carbocycles. The molecule has 0 radical (unpaired) electrons. The van der Waals surface area contributed by atoms with E-state index in [0.29, 0.717) is 5.75 Å². The summed E-state index contributed by atoms with van der Waals surface area (Å²) >= 11 is 0. The highest BCUT2D eigenvalue weighted by Crippen LogP contribution is 2.10. The predicted molar refractivity (Wildman–Crippen MR) is 65.9 cm³/mol. The fraction of sp³-hybridized carbons (Fsp3) is 0.462. The van der Waals surface area contributed by atoms with Crippen molar-refractivity contribution in [3.63, 3.8) is 0 Å². The van der Waals surface area contributed by atoms with E-state index in [-0.39, 0.29) is 24.4 Å². The quantitative estimate of drug-likeness (QED) is 0.843. The fourth-order valence-corrected chi connectivity index (χ4v) is 1.92. The van der Waals surface area contributed by atoms with E-state index >= 15 is 0 Å². The van der Waals surface area contributed by atoms with E-state index in [9.17, 15) is 9.18 Å². The molecule has 2 N–H and O–H groups in total. The molecule has 0 bridgehead atoms. The number of rotatable bonds is 4. The molecule has 1 aromatic carbocycles. The van der Waals surface area contributed by atoms with Crippen molar-refractivity contribution < 1.29 is 13.9 Å². The average molecular weight is 252 g/mol. The van der Waals surface area contributed by atoms with Gasteiger partial charge in [-0.1, -0.05) is 0 Å². The zero-order valence-electron chi connectivity index (χ0n) is 10.1. The number of benzene rings is 1. The normalized spacial score (nSPS) is 19.3. The summed E-state index contributed by atoms with van der Waals surface area (Å²) in [7, 11) is 0. The number of piperidine rings is 1. The average Bonchev–Trinajstić information content (AvgIpc) is 2.39. The first kappa shape index (κ1) is 12.8. The first-order chi connectivity index (χ1) is 8.74. The third-order valence-electron chi connectivity index (χ3n) is 2.85. The van der Waals surface area contributed by atoms with Gasteiger partial charge in [0.25, 0.3) is 5.91 Å². The van der Waals surface area contributed by atoms with Gasteiger partial charge in [-0.15, -0.1) is 0 Å². The lowest BCUT2D eigenvalue weighted by atomic mass is 10.1. The largest absolute Gasteiger partial charge is 0.484 e. The van der Waals surface area contributed by atoms with E-state index < -0.39 is 0 Å². The van der Waals surface area contributed by atoms with Crippen LogP contribution >= 0.6 is 0 Å². The van der Waals surface area contributed by atoms with Crippen molar-refractivity contribution in [3.8, 4) is 5.75 Å². The molecular weight excluding hydrogens is 235 g/mol. The molecule has 0 spiro atoms. The molecule has 1 aliphatic rings. The molecular formula is C13H17FN2O2.